The van der Waals surface area contributed by atoms with Crippen LogP contribution in [0, 0.1) is 0 Å². The molecule has 0 heterocycles. The lowest BCUT2D eigenvalue weighted by Crippen LogP contribution is -2.22. The van der Waals surface area contributed by atoms with Crippen LogP contribution in [0.5, 0.6) is 23.0 Å². The maximum absolute atomic E-state index is 11.6. The molecule has 2 rings (SSSR count). The molecule has 27 heavy (non-hydrogen) atoms. The van der Waals surface area contributed by atoms with Gasteiger partial charge in [-0.3, -0.25) is 0 Å². The molecule has 0 aliphatic rings. The van der Waals surface area contributed by atoms with Crippen molar-refractivity contribution in [2.24, 2.45) is 0 Å². The smallest absolute Gasteiger partial charge is 0.337 e. The summed E-state index contributed by atoms with van der Waals surface area (Å²) >= 11 is 0. The Balaban J connectivity index is 2.21. The molecular formula is C20H24O7. The van der Waals surface area contributed by atoms with E-state index < -0.39 is 18.2 Å². The van der Waals surface area contributed by atoms with Crippen molar-refractivity contribution in [3.8, 4) is 23.0 Å². The zero-order valence-corrected chi connectivity index (χ0v) is 16.0. The molecule has 0 amide bonds. The van der Waals surface area contributed by atoms with E-state index in [9.17, 15) is 9.90 Å². The summed E-state index contributed by atoms with van der Waals surface area (Å²) in [4.78, 5) is 11.6. The fourth-order valence-corrected chi connectivity index (χ4v) is 2.58. The summed E-state index contributed by atoms with van der Waals surface area (Å²) in [5.74, 6) is 1.38. The average Bonchev–Trinajstić information content (AvgIpc) is 2.72. The Morgan fingerprint density at radius 2 is 1.44 bits per heavy atom. The van der Waals surface area contributed by atoms with Crippen LogP contribution in [0.2, 0.25) is 0 Å². The van der Waals surface area contributed by atoms with Crippen LogP contribution >= 0.6 is 0 Å². The van der Waals surface area contributed by atoms with Gasteiger partial charge in [0.2, 0.25) is 0 Å². The third-order valence-corrected chi connectivity index (χ3v) is 4.09. The van der Waals surface area contributed by atoms with Gasteiger partial charge in [-0.2, -0.15) is 0 Å². The van der Waals surface area contributed by atoms with Crippen LogP contribution in [0.4, 0.5) is 0 Å². The van der Waals surface area contributed by atoms with E-state index in [-0.39, 0.29) is 0 Å². The minimum atomic E-state index is -0.921. The minimum absolute atomic E-state index is 0.342. The highest BCUT2D eigenvalue weighted by Gasteiger charge is 2.22. The zero-order chi connectivity index (χ0) is 20.0. The predicted octanol–water partition coefficient (Wildman–Crippen LogP) is 3.00. The molecule has 0 fully saturated rings. The second-order valence-corrected chi connectivity index (χ2v) is 5.74. The number of carbonyl (C=O) groups excluding carboxylic acids is 1. The van der Waals surface area contributed by atoms with Crippen LogP contribution in [-0.4, -0.2) is 45.6 Å². The molecule has 2 atom stereocenters. The first-order chi connectivity index (χ1) is 12.9. The summed E-state index contributed by atoms with van der Waals surface area (Å²) in [5, 5.41) is 10.6. The molecule has 0 radical (unpaired) electrons. The Bertz CT molecular complexity index is 788. The number of esters is 1. The number of hydrogen-bond donors (Lipinski definition) is 1. The second kappa shape index (κ2) is 9.14. The predicted molar refractivity (Wildman–Crippen MR) is 98.9 cm³/mol. The van der Waals surface area contributed by atoms with Crippen molar-refractivity contribution in [2.75, 3.05) is 28.4 Å². The first-order valence-electron chi connectivity index (χ1n) is 8.28. The molecule has 0 aliphatic heterocycles. The number of aliphatic hydroxyl groups is 1. The monoisotopic (exact) mass is 376 g/mol. The summed E-state index contributed by atoms with van der Waals surface area (Å²) in [6, 6.07) is 9.85. The molecule has 2 aromatic rings. The molecule has 0 aliphatic carbocycles. The van der Waals surface area contributed by atoms with E-state index in [0.717, 1.165) is 0 Å². The van der Waals surface area contributed by atoms with Crippen LogP contribution in [0.25, 0.3) is 0 Å². The van der Waals surface area contributed by atoms with Crippen LogP contribution in [0.3, 0.4) is 0 Å². The minimum Gasteiger partial charge on any atom is -0.493 e. The normalized spacial score (nSPS) is 12.7. The van der Waals surface area contributed by atoms with E-state index in [4.69, 9.17) is 23.7 Å². The molecule has 0 aromatic heterocycles. The lowest BCUT2D eigenvalue weighted by atomic mass is 10.0. The number of rotatable bonds is 8. The van der Waals surface area contributed by atoms with Crippen molar-refractivity contribution < 1.29 is 33.6 Å². The molecule has 0 bridgehead atoms. The SMILES string of the molecule is COC(=O)c1ccc(OC(C)C(O)c2ccc(OC)c(OC)c2)c(OC)c1. The van der Waals surface area contributed by atoms with E-state index in [1.807, 2.05) is 0 Å². The molecule has 7 heteroatoms. The van der Waals surface area contributed by atoms with Crippen molar-refractivity contribution in [1.82, 2.24) is 0 Å². The second-order valence-electron chi connectivity index (χ2n) is 5.74. The van der Waals surface area contributed by atoms with Crippen LogP contribution in [0.1, 0.15) is 28.9 Å². The molecular weight excluding hydrogens is 352 g/mol. The molecule has 2 unspecified atom stereocenters. The quantitative estimate of drug-likeness (QED) is 0.709. The number of benzene rings is 2. The van der Waals surface area contributed by atoms with Crippen LogP contribution in [-0.2, 0) is 4.74 Å². The highest BCUT2D eigenvalue weighted by molar-refractivity contribution is 5.90. The Morgan fingerprint density at radius 3 is 2.04 bits per heavy atom. The van der Waals surface area contributed by atoms with Crippen molar-refractivity contribution in [3.63, 3.8) is 0 Å². The third-order valence-electron chi connectivity index (χ3n) is 4.09. The highest BCUT2D eigenvalue weighted by atomic mass is 16.5. The van der Waals surface area contributed by atoms with Crippen molar-refractivity contribution in [2.45, 2.75) is 19.1 Å². The van der Waals surface area contributed by atoms with Gasteiger partial charge in [-0.25, -0.2) is 4.79 Å². The van der Waals surface area contributed by atoms with Gasteiger partial charge in [0.15, 0.2) is 23.0 Å². The fourth-order valence-electron chi connectivity index (χ4n) is 2.58. The van der Waals surface area contributed by atoms with Crippen molar-refractivity contribution in [3.05, 3.63) is 47.5 Å². The van der Waals surface area contributed by atoms with E-state index in [2.05, 4.69) is 0 Å². The third kappa shape index (κ3) is 4.62. The summed E-state index contributed by atoms with van der Waals surface area (Å²) < 4.78 is 26.3. The van der Waals surface area contributed by atoms with Gasteiger partial charge in [0.25, 0.3) is 0 Å². The number of aliphatic hydroxyl groups excluding tert-OH is 1. The number of hydrogen-bond acceptors (Lipinski definition) is 7. The topological polar surface area (TPSA) is 83.5 Å². The van der Waals surface area contributed by atoms with Gasteiger partial charge in [0.05, 0.1) is 34.0 Å². The van der Waals surface area contributed by atoms with Crippen molar-refractivity contribution in [1.29, 1.82) is 0 Å². The number of methoxy groups -OCH3 is 4. The van der Waals surface area contributed by atoms with Gasteiger partial charge in [0, 0.05) is 0 Å². The van der Waals surface area contributed by atoms with Gasteiger partial charge in [-0.15, -0.1) is 0 Å². The maximum Gasteiger partial charge on any atom is 0.337 e. The molecule has 2 aromatic carbocycles. The first kappa shape index (κ1) is 20.4. The van der Waals surface area contributed by atoms with Gasteiger partial charge >= 0.3 is 5.97 Å². The maximum atomic E-state index is 11.6. The summed E-state index contributed by atoms with van der Waals surface area (Å²) in [7, 11) is 5.85. The Kier molecular flexibility index (Phi) is 6.90. The van der Waals surface area contributed by atoms with Gasteiger partial charge in [-0.05, 0) is 42.8 Å². The molecule has 0 saturated carbocycles. The standard InChI is InChI=1S/C20H24O7/c1-12(19(21)13-6-8-15(23-2)17(10-13)24-3)27-16-9-7-14(20(22)26-5)11-18(16)25-4/h6-12,19,21H,1-5H3. The lowest BCUT2D eigenvalue weighted by molar-refractivity contribution is 0.0448. The van der Waals surface area contributed by atoms with Gasteiger partial charge in [0.1, 0.15) is 12.2 Å². The van der Waals surface area contributed by atoms with E-state index in [1.54, 1.807) is 44.4 Å². The molecule has 1 N–H and O–H groups in total. The number of carbonyl (C=O) groups is 1. The van der Waals surface area contributed by atoms with E-state index >= 15 is 0 Å². The Morgan fingerprint density at radius 1 is 0.852 bits per heavy atom. The van der Waals surface area contributed by atoms with E-state index in [0.29, 0.717) is 34.1 Å². The zero-order valence-electron chi connectivity index (χ0n) is 16.0. The van der Waals surface area contributed by atoms with Crippen LogP contribution in [0.15, 0.2) is 36.4 Å². The van der Waals surface area contributed by atoms with Gasteiger partial charge < -0.3 is 28.8 Å². The summed E-state index contributed by atoms with van der Waals surface area (Å²) in [6.07, 6.45) is -1.52. The van der Waals surface area contributed by atoms with Crippen molar-refractivity contribution >= 4 is 5.97 Å². The molecule has 0 saturated heterocycles. The largest absolute Gasteiger partial charge is 0.493 e. The Hall–Kier alpha value is -2.93. The van der Waals surface area contributed by atoms with Crippen LogP contribution < -0.4 is 18.9 Å². The Labute approximate surface area is 158 Å². The highest BCUT2D eigenvalue weighted by Crippen LogP contribution is 2.34. The summed E-state index contributed by atoms with van der Waals surface area (Å²) in [6.45, 7) is 1.73. The average molecular weight is 376 g/mol. The number of ether oxygens (including phenoxy) is 5. The summed E-state index contributed by atoms with van der Waals surface area (Å²) in [5.41, 5.74) is 0.958. The molecule has 146 valence electrons. The van der Waals surface area contributed by atoms with E-state index in [1.165, 1.54) is 27.4 Å². The first-order valence-corrected chi connectivity index (χ1v) is 8.28. The molecule has 7 nitrogen and oxygen atoms in total. The molecule has 0 spiro atoms. The lowest BCUT2D eigenvalue weighted by Gasteiger charge is -2.23. The fraction of sp³-hybridized carbons (Fsp3) is 0.350. The van der Waals surface area contributed by atoms with Gasteiger partial charge in [-0.1, -0.05) is 6.07 Å².